The fraction of sp³-hybridized carbons (Fsp3) is 0.571. The van der Waals surface area contributed by atoms with Crippen molar-refractivity contribution in [2.45, 2.75) is 37.3 Å². The van der Waals surface area contributed by atoms with Crippen LogP contribution in [0.5, 0.6) is 0 Å². The van der Waals surface area contributed by atoms with Gasteiger partial charge in [-0.15, -0.1) is 0 Å². The molecule has 0 bridgehead atoms. The van der Waals surface area contributed by atoms with Crippen molar-refractivity contribution in [1.29, 1.82) is 0 Å². The summed E-state index contributed by atoms with van der Waals surface area (Å²) in [6.07, 6.45) is -4.14. The molecular formula is C14H21N3O10. The van der Waals surface area contributed by atoms with E-state index in [-0.39, 0.29) is 0 Å². The molecule has 0 unspecified atom stereocenters. The molecule has 152 valence electrons. The SMILES string of the molecule is CC(=O)N[C@H]1[C@H]([C@H](O)[C@H](O)CO)OC(C(=O)O)=C[C@@H]1NC(=O)NCC(=O)O. The summed E-state index contributed by atoms with van der Waals surface area (Å²) in [5, 5.41) is 53.1. The van der Waals surface area contributed by atoms with Gasteiger partial charge in [0.25, 0.3) is 0 Å². The Labute approximate surface area is 152 Å². The summed E-state index contributed by atoms with van der Waals surface area (Å²) in [5.74, 6) is -4.18. The number of amides is 3. The Morgan fingerprint density at radius 2 is 1.81 bits per heavy atom. The topological polar surface area (TPSA) is 215 Å². The highest BCUT2D eigenvalue weighted by Gasteiger charge is 2.44. The van der Waals surface area contributed by atoms with Crippen LogP contribution in [0.4, 0.5) is 4.79 Å². The maximum Gasteiger partial charge on any atom is 0.370 e. The standard InChI is InChI=1S/C14H21N3O10/c1-5(19)16-10-6(17-14(26)15-3-9(21)22)2-8(13(24)25)27-12(10)11(23)7(20)4-18/h2,6-7,10-12,18,20,23H,3-4H2,1H3,(H,16,19)(H,21,22)(H,24,25)(H2,15,17,26)/t6-,7+,10+,11+,12+/m0/s1. The number of aliphatic hydroxyl groups excluding tert-OH is 3. The molecule has 0 aromatic heterocycles. The quantitative estimate of drug-likeness (QED) is 0.203. The van der Waals surface area contributed by atoms with Gasteiger partial charge >= 0.3 is 18.0 Å². The third-order valence-corrected chi connectivity index (χ3v) is 3.53. The number of carbonyl (C=O) groups is 4. The van der Waals surface area contributed by atoms with Crippen LogP contribution < -0.4 is 16.0 Å². The monoisotopic (exact) mass is 391 g/mol. The van der Waals surface area contributed by atoms with Crippen LogP contribution in [0.3, 0.4) is 0 Å². The lowest BCUT2D eigenvalue weighted by Gasteiger charge is -2.40. The molecule has 1 aliphatic heterocycles. The predicted molar refractivity (Wildman–Crippen MR) is 85.3 cm³/mol. The van der Waals surface area contributed by atoms with Crippen molar-refractivity contribution in [2.24, 2.45) is 0 Å². The molecule has 0 saturated heterocycles. The maximum absolute atomic E-state index is 11.8. The first-order valence-electron chi connectivity index (χ1n) is 7.68. The number of hydrogen-bond acceptors (Lipinski definition) is 8. The number of aliphatic carboxylic acids is 2. The summed E-state index contributed by atoms with van der Waals surface area (Å²) < 4.78 is 5.12. The Balaban J connectivity index is 3.16. The fourth-order valence-corrected chi connectivity index (χ4v) is 2.36. The van der Waals surface area contributed by atoms with Crippen molar-refractivity contribution < 1.29 is 49.4 Å². The molecule has 0 spiro atoms. The van der Waals surface area contributed by atoms with E-state index in [0.29, 0.717) is 0 Å². The van der Waals surface area contributed by atoms with E-state index in [9.17, 15) is 29.4 Å². The van der Waals surface area contributed by atoms with Gasteiger partial charge < -0.3 is 46.2 Å². The van der Waals surface area contributed by atoms with E-state index in [2.05, 4.69) is 10.6 Å². The molecule has 0 aliphatic carbocycles. The number of nitrogens with one attached hydrogen (secondary N) is 3. The van der Waals surface area contributed by atoms with Crippen LogP contribution in [0.2, 0.25) is 0 Å². The summed E-state index contributed by atoms with van der Waals surface area (Å²) in [4.78, 5) is 45.1. The lowest BCUT2D eigenvalue weighted by molar-refractivity contribution is -0.146. The van der Waals surface area contributed by atoms with Gasteiger partial charge in [0.05, 0.1) is 18.7 Å². The maximum atomic E-state index is 11.8. The van der Waals surface area contributed by atoms with E-state index < -0.39 is 73.2 Å². The van der Waals surface area contributed by atoms with Gasteiger partial charge in [0, 0.05) is 6.92 Å². The van der Waals surface area contributed by atoms with Gasteiger partial charge in [-0.1, -0.05) is 0 Å². The zero-order chi connectivity index (χ0) is 20.7. The third kappa shape index (κ3) is 6.40. The van der Waals surface area contributed by atoms with Crippen molar-refractivity contribution >= 4 is 23.9 Å². The van der Waals surface area contributed by atoms with E-state index in [1.165, 1.54) is 0 Å². The molecule has 13 heteroatoms. The molecule has 0 radical (unpaired) electrons. The number of rotatable bonds is 8. The number of carbonyl (C=O) groups excluding carboxylic acids is 2. The Hall–Kier alpha value is -2.90. The highest BCUT2D eigenvalue weighted by atomic mass is 16.5. The van der Waals surface area contributed by atoms with Crippen molar-refractivity contribution in [3.63, 3.8) is 0 Å². The zero-order valence-corrected chi connectivity index (χ0v) is 14.2. The molecule has 0 fully saturated rings. The van der Waals surface area contributed by atoms with Gasteiger partial charge in [-0.25, -0.2) is 9.59 Å². The van der Waals surface area contributed by atoms with Crippen molar-refractivity contribution in [3.8, 4) is 0 Å². The largest absolute Gasteiger partial charge is 0.480 e. The van der Waals surface area contributed by atoms with E-state index in [4.69, 9.17) is 20.1 Å². The highest BCUT2D eigenvalue weighted by molar-refractivity contribution is 5.85. The summed E-state index contributed by atoms with van der Waals surface area (Å²) in [7, 11) is 0. The first kappa shape index (κ1) is 22.1. The fourth-order valence-electron chi connectivity index (χ4n) is 2.36. The van der Waals surface area contributed by atoms with E-state index in [0.717, 1.165) is 13.0 Å². The van der Waals surface area contributed by atoms with Crippen molar-refractivity contribution in [3.05, 3.63) is 11.8 Å². The van der Waals surface area contributed by atoms with Gasteiger partial charge in [0.1, 0.15) is 24.9 Å². The van der Waals surface area contributed by atoms with E-state index in [1.54, 1.807) is 0 Å². The predicted octanol–water partition coefficient (Wildman–Crippen LogP) is -3.68. The smallest absolute Gasteiger partial charge is 0.370 e. The Morgan fingerprint density at radius 1 is 1.19 bits per heavy atom. The Morgan fingerprint density at radius 3 is 2.30 bits per heavy atom. The second-order valence-corrected chi connectivity index (χ2v) is 5.63. The molecule has 13 nitrogen and oxygen atoms in total. The average Bonchev–Trinajstić information content (AvgIpc) is 2.59. The number of aliphatic hydroxyl groups is 3. The van der Waals surface area contributed by atoms with E-state index in [1.807, 2.05) is 5.32 Å². The molecule has 8 N–H and O–H groups in total. The summed E-state index contributed by atoms with van der Waals surface area (Å²) in [6, 6.07) is -3.47. The van der Waals surface area contributed by atoms with Gasteiger partial charge in [-0.05, 0) is 6.08 Å². The van der Waals surface area contributed by atoms with Crippen LogP contribution in [-0.2, 0) is 19.1 Å². The van der Waals surface area contributed by atoms with Gasteiger partial charge in [0.2, 0.25) is 11.7 Å². The van der Waals surface area contributed by atoms with Crippen LogP contribution in [0, 0.1) is 0 Å². The van der Waals surface area contributed by atoms with Gasteiger partial charge in [0.15, 0.2) is 0 Å². The molecule has 0 aromatic rings. The molecule has 27 heavy (non-hydrogen) atoms. The number of ether oxygens (including phenoxy) is 1. The normalized spacial score (nSPS) is 23.9. The minimum Gasteiger partial charge on any atom is -0.480 e. The molecule has 3 amide bonds. The minimum absolute atomic E-state index is 0.621. The van der Waals surface area contributed by atoms with Crippen LogP contribution >= 0.6 is 0 Å². The average molecular weight is 391 g/mol. The van der Waals surface area contributed by atoms with Gasteiger partial charge in [-0.3, -0.25) is 9.59 Å². The molecule has 0 aromatic carbocycles. The van der Waals surface area contributed by atoms with Crippen molar-refractivity contribution in [1.82, 2.24) is 16.0 Å². The first-order valence-corrected chi connectivity index (χ1v) is 7.68. The van der Waals surface area contributed by atoms with Crippen molar-refractivity contribution in [2.75, 3.05) is 13.2 Å². The molecule has 1 aliphatic rings. The summed E-state index contributed by atoms with van der Waals surface area (Å²) in [6.45, 7) is -0.480. The van der Waals surface area contributed by atoms with Crippen LogP contribution in [0.15, 0.2) is 11.8 Å². The number of carboxylic acids is 2. The summed E-state index contributed by atoms with van der Waals surface area (Å²) in [5.41, 5.74) is 0. The second kappa shape index (κ2) is 9.70. The van der Waals surface area contributed by atoms with Crippen LogP contribution in [-0.4, -0.2) is 93.0 Å². The highest BCUT2D eigenvalue weighted by Crippen LogP contribution is 2.23. The first-order chi connectivity index (χ1) is 12.6. The van der Waals surface area contributed by atoms with Crippen LogP contribution in [0.25, 0.3) is 0 Å². The molecule has 5 atom stereocenters. The number of hydrogen-bond donors (Lipinski definition) is 8. The molecular weight excluding hydrogens is 370 g/mol. The van der Waals surface area contributed by atoms with Gasteiger partial charge in [-0.2, -0.15) is 0 Å². The Bertz CT molecular complexity index is 622. The molecule has 1 heterocycles. The number of urea groups is 1. The Kier molecular flexibility index (Phi) is 7.96. The molecule has 0 saturated carbocycles. The lowest BCUT2D eigenvalue weighted by Crippen LogP contribution is -2.64. The minimum atomic E-state index is -1.82. The third-order valence-electron chi connectivity index (χ3n) is 3.53. The zero-order valence-electron chi connectivity index (χ0n) is 14.2. The molecule has 1 rings (SSSR count). The summed E-state index contributed by atoms with van der Waals surface area (Å²) >= 11 is 0. The van der Waals surface area contributed by atoms with E-state index >= 15 is 0 Å². The van der Waals surface area contributed by atoms with Crippen LogP contribution in [0.1, 0.15) is 6.92 Å². The second-order valence-electron chi connectivity index (χ2n) is 5.63. The lowest BCUT2D eigenvalue weighted by atomic mass is 9.92. The number of carboxylic acid groups (broad SMARTS) is 2.